The smallest absolute Gasteiger partial charge is 0.242 e. The molecule has 1 aromatic carbocycles. The lowest BCUT2D eigenvalue weighted by Crippen LogP contribution is -2.31. The molecule has 1 saturated carbocycles. The lowest BCUT2D eigenvalue weighted by molar-refractivity contribution is 0.342. The third-order valence-corrected chi connectivity index (χ3v) is 5.86. The van der Waals surface area contributed by atoms with Crippen LogP contribution in [-0.4, -0.2) is 38.8 Å². The van der Waals surface area contributed by atoms with E-state index in [1.165, 1.54) is 17.1 Å². The fourth-order valence-corrected chi connectivity index (χ4v) is 4.02. The Morgan fingerprint density at radius 3 is 2.43 bits per heavy atom. The molecule has 4 nitrogen and oxygen atoms in total. The lowest BCUT2D eigenvalue weighted by Gasteiger charge is -2.20. The van der Waals surface area contributed by atoms with Crippen molar-refractivity contribution in [1.29, 1.82) is 0 Å². The highest BCUT2D eigenvalue weighted by Crippen LogP contribution is 2.27. The highest BCUT2D eigenvalue weighted by Gasteiger charge is 2.25. The molecule has 1 aliphatic rings. The standard InChI is InChI=1S/C15H22ClNO3S/c1-17(12-13-4-2-3-5-13)21(18,19)15-8-6-14(7-9-15)20-11-10-16/h6-9,13H,2-5,10-12H2,1H3. The first-order chi connectivity index (χ1) is 10.0. The predicted molar refractivity (Wildman–Crippen MR) is 84.4 cm³/mol. The number of hydrogen-bond donors (Lipinski definition) is 0. The average molecular weight is 332 g/mol. The number of hydrogen-bond acceptors (Lipinski definition) is 3. The van der Waals surface area contributed by atoms with Crippen molar-refractivity contribution in [3.05, 3.63) is 24.3 Å². The molecule has 0 radical (unpaired) electrons. The molecule has 118 valence electrons. The highest BCUT2D eigenvalue weighted by molar-refractivity contribution is 7.89. The highest BCUT2D eigenvalue weighted by atomic mass is 35.5. The Morgan fingerprint density at radius 2 is 1.86 bits per heavy atom. The van der Waals surface area contributed by atoms with E-state index in [2.05, 4.69) is 0 Å². The molecule has 0 bridgehead atoms. The first-order valence-corrected chi connectivity index (χ1v) is 9.26. The van der Waals surface area contributed by atoms with E-state index in [1.807, 2.05) is 0 Å². The number of nitrogens with zero attached hydrogens (tertiary/aromatic N) is 1. The Balaban J connectivity index is 2.03. The molecule has 0 atom stereocenters. The van der Waals surface area contributed by atoms with Crippen LogP contribution in [-0.2, 0) is 10.0 Å². The SMILES string of the molecule is CN(CC1CCCC1)S(=O)(=O)c1ccc(OCCCl)cc1. The fourth-order valence-electron chi connectivity index (χ4n) is 2.70. The van der Waals surface area contributed by atoms with Crippen molar-refractivity contribution in [2.24, 2.45) is 5.92 Å². The number of sulfonamides is 1. The van der Waals surface area contributed by atoms with Gasteiger partial charge in [-0.1, -0.05) is 12.8 Å². The summed E-state index contributed by atoms with van der Waals surface area (Å²) in [5.74, 6) is 1.54. The average Bonchev–Trinajstić information content (AvgIpc) is 2.98. The van der Waals surface area contributed by atoms with Gasteiger partial charge in [-0.2, -0.15) is 0 Å². The second kappa shape index (κ2) is 7.47. The number of halogens is 1. The summed E-state index contributed by atoms with van der Waals surface area (Å²) in [7, 11) is -1.75. The van der Waals surface area contributed by atoms with Crippen molar-refractivity contribution in [2.45, 2.75) is 30.6 Å². The van der Waals surface area contributed by atoms with Gasteiger partial charge in [0, 0.05) is 13.6 Å². The van der Waals surface area contributed by atoms with Gasteiger partial charge in [0.25, 0.3) is 0 Å². The molecule has 0 aliphatic heterocycles. The van der Waals surface area contributed by atoms with E-state index in [0.717, 1.165) is 12.8 Å². The van der Waals surface area contributed by atoms with E-state index in [-0.39, 0.29) is 0 Å². The molecular formula is C15H22ClNO3S. The second-order valence-electron chi connectivity index (χ2n) is 5.44. The Bertz CT molecular complexity index is 539. The summed E-state index contributed by atoms with van der Waals surface area (Å²) in [5, 5.41) is 0. The van der Waals surface area contributed by atoms with Gasteiger partial charge in [0.1, 0.15) is 12.4 Å². The molecule has 6 heteroatoms. The summed E-state index contributed by atoms with van der Waals surface area (Å²) in [6.45, 7) is 1.02. The molecule has 0 N–H and O–H groups in total. The van der Waals surface area contributed by atoms with Gasteiger partial charge in [0.05, 0.1) is 10.8 Å². The molecule has 0 aromatic heterocycles. The topological polar surface area (TPSA) is 46.6 Å². The van der Waals surface area contributed by atoms with E-state index in [4.69, 9.17) is 16.3 Å². The molecule has 21 heavy (non-hydrogen) atoms. The van der Waals surface area contributed by atoms with Crippen LogP contribution >= 0.6 is 11.6 Å². The van der Waals surface area contributed by atoms with Gasteiger partial charge in [-0.15, -0.1) is 11.6 Å². The van der Waals surface area contributed by atoms with Crippen LogP contribution in [0.5, 0.6) is 5.75 Å². The molecule has 2 rings (SSSR count). The Hall–Kier alpha value is -0.780. The minimum absolute atomic E-state index is 0.307. The zero-order valence-electron chi connectivity index (χ0n) is 12.3. The number of benzene rings is 1. The number of ether oxygens (including phenoxy) is 1. The van der Waals surface area contributed by atoms with Crippen molar-refractivity contribution in [3.8, 4) is 5.75 Å². The first-order valence-electron chi connectivity index (χ1n) is 7.29. The van der Waals surface area contributed by atoms with Crippen molar-refractivity contribution in [2.75, 3.05) is 26.1 Å². The molecule has 1 aromatic rings. The largest absolute Gasteiger partial charge is 0.492 e. The lowest BCUT2D eigenvalue weighted by atomic mass is 10.1. The minimum Gasteiger partial charge on any atom is -0.492 e. The molecule has 0 heterocycles. The summed E-state index contributed by atoms with van der Waals surface area (Å²) in [4.78, 5) is 0.307. The van der Waals surface area contributed by atoms with Crippen molar-refractivity contribution >= 4 is 21.6 Å². The second-order valence-corrected chi connectivity index (χ2v) is 7.87. The van der Waals surface area contributed by atoms with E-state index >= 15 is 0 Å². The Labute approximate surface area is 132 Å². The summed E-state index contributed by atoms with van der Waals surface area (Å²) in [5.41, 5.74) is 0. The van der Waals surface area contributed by atoms with Crippen LogP contribution in [0.3, 0.4) is 0 Å². The van der Waals surface area contributed by atoms with E-state index in [1.54, 1.807) is 31.3 Å². The first kappa shape index (κ1) is 16.6. The molecule has 0 spiro atoms. The van der Waals surface area contributed by atoms with Crippen LogP contribution in [0.1, 0.15) is 25.7 Å². The van der Waals surface area contributed by atoms with E-state index in [0.29, 0.717) is 35.6 Å². The Kier molecular flexibility index (Phi) is 5.90. The number of rotatable bonds is 7. The van der Waals surface area contributed by atoms with Crippen LogP contribution in [0.4, 0.5) is 0 Å². The molecule has 1 fully saturated rings. The van der Waals surface area contributed by atoms with Gasteiger partial charge in [0.15, 0.2) is 0 Å². The van der Waals surface area contributed by atoms with Crippen LogP contribution in [0.25, 0.3) is 0 Å². The quantitative estimate of drug-likeness (QED) is 0.721. The predicted octanol–water partition coefficient (Wildman–Crippen LogP) is 3.11. The van der Waals surface area contributed by atoms with Crippen molar-refractivity contribution in [3.63, 3.8) is 0 Å². The van der Waals surface area contributed by atoms with Crippen LogP contribution in [0.2, 0.25) is 0 Å². The monoisotopic (exact) mass is 331 g/mol. The fraction of sp³-hybridized carbons (Fsp3) is 0.600. The summed E-state index contributed by atoms with van der Waals surface area (Å²) < 4.78 is 31.8. The molecule has 0 unspecified atom stereocenters. The van der Waals surface area contributed by atoms with Gasteiger partial charge in [0.2, 0.25) is 10.0 Å². The van der Waals surface area contributed by atoms with Crippen LogP contribution in [0, 0.1) is 5.92 Å². The Morgan fingerprint density at radius 1 is 1.24 bits per heavy atom. The van der Waals surface area contributed by atoms with Gasteiger partial charge in [-0.25, -0.2) is 12.7 Å². The van der Waals surface area contributed by atoms with Gasteiger partial charge in [-0.05, 0) is 43.0 Å². The van der Waals surface area contributed by atoms with Gasteiger partial charge >= 0.3 is 0 Å². The minimum atomic E-state index is -3.41. The van der Waals surface area contributed by atoms with Crippen molar-refractivity contribution in [1.82, 2.24) is 4.31 Å². The summed E-state index contributed by atoms with van der Waals surface area (Å²) >= 11 is 5.55. The third kappa shape index (κ3) is 4.34. The zero-order valence-corrected chi connectivity index (χ0v) is 13.9. The zero-order chi connectivity index (χ0) is 15.3. The molecule has 0 saturated heterocycles. The maximum Gasteiger partial charge on any atom is 0.242 e. The van der Waals surface area contributed by atoms with Gasteiger partial charge < -0.3 is 4.74 Å². The maximum atomic E-state index is 12.5. The van der Waals surface area contributed by atoms with Crippen LogP contribution in [0.15, 0.2) is 29.2 Å². The third-order valence-electron chi connectivity index (χ3n) is 3.87. The summed E-state index contributed by atoms with van der Waals surface area (Å²) in [6.07, 6.45) is 4.69. The normalized spacial score (nSPS) is 16.5. The van der Waals surface area contributed by atoms with Crippen molar-refractivity contribution < 1.29 is 13.2 Å². The molecule has 0 amide bonds. The molecule has 1 aliphatic carbocycles. The maximum absolute atomic E-state index is 12.5. The van der Waals surface area contributed by atoms with E-state index < -0.39 is 10.0 Å². The molecular weight excluding hydrogens is 310 g/mol. The van der Waals surface area contributed by atoms with E-state index in [9.17, 15) is 8.42 Å². The number of alkyl halides is 1. The van der Waals surface area contributed by atoms with Crippen LogP contribution < -0.4 is 4.74 Å². The summed E-state index contributed by atoms with van der Waals surface area (Å²) in [6, 6.07) is 6.51. The van der Waals surface area contributed by atoms with Gasteiger partial charge in [-0.3, -0.25) is 0 Å².